The van der Waals surface area contributed by atoms with Crippen molar-refractivity contribution >= 4 is 0 Å². The zero-order valence-corrected chi connectivity index (χ0v) is 7.31. The Balaban J connectivity index is 2.58. The molecule has 2 aromatic rings. The lowest BCUT2D eigenvalue weighted by Crippen LogP contribution is -1.85. The zero-order chi connectivity index (χ0) is 9.97. The lowest BCUT2D eigenvalue weighted by molar-refractivity contribution is 0.433. The molecule has 3 heteroatoms. The van der Waals surface area contributed by atoms with Crippen molar-refractivity contribution in [3.05, 3.63) is 48.5 Å². The molecule has 1 aromatic heterocycles. The first-order chi connectivity index (χ1) is 6.79. The van der Waals surface area contributed by atoms with Gasteiger partial charge in [-0.15, -0.1) is 0 Å². The molecule has 0 saturated heterocycles. The molecule has 70 valence electrons. The molecule has 0 radical (unpaired) electrons. The van der Waals surface area contributed by atoms with Gasteiger partial charge >= 0.3 is 0 Å². The number of benzene rings is 1. The van der Waals surface area contributed by atoms with Crippen LogP contribution in [0.15, 0.2) is 42.7 Å². The molecule has 2 nitrogen and oxygen atoms in total. The Kier molecular flexibility index (Phi) is 2.14. The number of aromatic nitrogens is 1. The van der Waals surface area contributed by atoms with E-state index < -0.39 is 5.82 Å². The third-order valence-electron chi connectivity index (χ3n) is 1.95. The molecule has 2 rings (SSSR count). The van der Waals surface area contributed by atoms with Crippen LogP contribution in [-0.4, -0.2) is 10.1 Å². The third kappa shape index (κ3) is 1.44. The number of rotatable bonds is 1. The van der Waals surface area contributed by atoms with E-state index in [-0.39, 0.29) is 5.75 Å². The Labute approximate surface area is 80.7 Å². The summed E-state index contributed by atoms with van der Waals surface area (Å²) in [6.07, 6.45) is 3.17. The second kappa shape index (κ2) is 3.46. The van der Waals surface area contributed by atoms with Crippen LogP contribution in [-0.2, 0) is 0 Å². The molecule has 0 atom stereocenters. The fourth-order valence-corrected chi connectivity index (χ4v) is 1.26. The topological polar surface area (TPSA) is 33.1 Å². The minimum absolute atomic E-state index is 0.341. The lowest BCUT2D eigenvalue weighted by atomic mass is 10.1. The van der Waals surface area contributed by atoms with Gasteiger partial charge < -0.3 is 5.11 Å². The molecule has 0 aliphatic carbocycles. The molecule has 0 bridgehead atoms. The molecule has 0 aliphatic rings. The highest BCUT2D eigenvalue weighted by molar-refractivity contribution is 5.64. The lowest BCUT2D eigenvalue weighted by Gasteiger charge is -2.03. The second-order valence-electron chi connectivity index (χ2n) is 2.88. The van der Waals surface area contributed by atoms with Crippen LogP contribution in [0.25, 0.3) is 11.1 Å². The van der Waals surface area contributed by atoms with Crippen molar-refractivity contribution in [3.8, 4) is 16.9 Å². The van der Waals surface area contributed by atoms with Gasteiger partial charge in [-0.2, -0.15) is 0 Å². The zero-order valence-electron chi connectivity index (χ0n) is 7.31. The van der Waals surface area contributed by atoms with E-state index in [1.807, 2.05) is 0 Å². The van der Waals surface area contributed by atoms with Gasteiger partial charge in [-0.25, -0.2) is 4.39 Å². The molecular weight excluding hydrogens is 181 g/mol. The Bertz CT molecular complexity index is 442. The molecular formula is C11H8FNO. The van der Waals surface area contributed by atoms with Gasteiger partial charge in [0.15, 0.2) is 11.6 Å². The smallest absolute Gasteiger partial charge is 0.172 e. The van der Waals surface area contributed by atoms with Gasteiger partial charge in [-0.05, 0) is 12.1 Å². The summed E-state index contributed by atoms with van der Waals surface area (Å²) >= 11 is 0. The molecule has 0 aliphatic heterocycles. The van der Waals surface area contributed by atoms with E-state index in [0.717, 1.165) is 0 Å². The first-order valence-electron chi connectivity index (χ1n) is 4.17. The maximum Gasteiger partial charge on any atom is 0.172 e. The molecule has 1 aromatic carbocycles. The predicted octanol–water partition coefficient (Wildman–Crippen LogP) is 2.59. The summed E-state index contributed by atoms with van der Waals surface area (Å²) in [6, 6.07) is 7.98. The van der Waals surface area contributed by atoms with Crippen LogP contribution >= 0.6 is 0 Å². The summed E-state index contributed by atoms with van der Waals surface area (Å²) in [5.74, 6) is -0.952. The summed E-state index contributed by atoms with van der Waals surface area (Å²) < 4.78 is 13.4. The van der Waals surface area contributed by atoms with E-state index in [1.165, 1.54) is 6.07 Å². The Morgan fingerprint density at radius 3 is 2.71 bits per heavy atom. The molecule has 0 amide bonds. The molecule has 0 saturated carbocycles. The third-order valence-corrected chi connectivity index (χ3v) is 1.95. The fourth-order valence-electron chi connectivity index (χ4n) is 1.26. The van der Waals surface area contributed by atoms with Crippen molar-refractivity contribution in [1.82, 2.24) is 4.98 Å². The van der Waals surface area contributed by atoms with E-state index in [1.54, 1.807) is 36.7 Å². The Morgan fingerprint density at radius 2 is 2.00 bits per heavy atom. The van der Waals surface area contributed by atoms with E-state index in [9.17, 15) is 4.39 Å². The van der Waals surface area contributed by atoms with Gasteiger partial charge in [-0.3, -0.25) is 4.98 Å². The summed E-state index contributed by atoms with van der Waals surface area (Å²) in [7, 11) is 0. The number of phenolic OH excluding ortho intramolecular Hbond substituents is 1. The van der Waals surface area contributed by atoms with Gasteiger partial charge in [0.1, 0.15) is 0 Å². The van der Waals surface area contributed by atoms with Crippen LogP contribution < -0.4 is 0 Å². The van der Waals surface area contributed by atoms with Gasteiger partial charge in [0.25, 0.3) is 0 Å². The van der Waals surface area contributed by atoms with Crippen LogP contribution in [0.4, 0.5) is 4.39 Å². The van der Waals surface area contributed by atoms with E-state index in [4.69, 9.17) is 5.11 Å². The quantitative estimate of drug-likeness (QED) is 0.747. The summed E-state index contributed by atoms with van der Waals surface area (Å²) in [5.41, 5.74) is 1.01. The average Bonchev–Trinajstić information content (AvgIpc) is 2.23. The highest BCUT2D eigenvalue weighted by atomic mass is 19.1. The van der Waals surface area contributed by atoms with Crippen molar-refractivity contribution in [3.63, 3.8) is 0 Å². The normalized spacial score (nSPS) is 10.1. The molecule has 0 fully saturated rings. The predicted molar refractivity (Wildman–Crippen MR) is 51.3 cm³/mol. The first kappa shape index (κ1) is 8.69. The maximum atomic E-state index is 13.4. The number of aromatic hydroxyl groups is 1. The summed E-state index contributed by atoms with van der Waals surface area (Å²) in [6.45, 7) is 0. The molecule has 0 spiro atoms. The average molecular weight is 189 g/mol. The first-order valence-corrected chi connectivity index (χ1v) is 4.17. The van der Waals surface area contributed by atoms with Crippen molar-refractivity contribution in [2.75, 3.05) is 0 Å². The van der Waals surface area contributed by atoms with Crippen molar-refractivity contribution in [2.45, 2.75) is 0 Å². The monoisotopic (exact) mass is 189 g/mol. The minimum atomic E-state index is -0.611. The SMILES string of the molecule is Oc1cccc(-c2cccnc2)c1F. The van der Waals surface area contributed by atoms with Crippen LogP contribution in [0.2, 0.25) is 0 Å². The second-order valence-corrected chi connectivity index (χ2v) is 2.88. The number of phenols is 1. The molecule has 14 heavy (non-hydrogen) atoms. The van der Waals surface area contributed by atoms with Gasteiger partial charge in [-0.1, -0.05) is 18.2 Å². The van der Waals surface area contributed by atoms with Crippen molar-refractivity contribution < 1.29 is 9.50 Å². The number of halogens is 1. The van der Waals surface area contributed by atoms with Crippen LogP contribution in [0, 0.1) is 5.82 Å². The van der Waals surface area contributed by atoms with Crippen LogP contribution in [0.5, 0.6) is 5.75 Å². The van der Waals surface area contributed by atoms with Crippen molar-refractivity contribution in [2.24, 2.45) is 0 Å². The van der Waals surface area contributed by atoms with E-state index >= 15 is 0 Å². The number of nitrogens with zero attached hydrogens (tertiary/aromatic N) is 1. The van der Waals surface area contributed by atoms with Gasteiger partial charge in [0.2, 0.25) is 0 Å². The molecule has 1 N–H and O–H groups in total. The highest BCUT2D eigenvalue weighted by Crippen LogP contribution is 2.27. The van der Waals surface area contributed by atoms with Crippen LogP contribution in [0.3, 0.4) is 0 Å². The van der Waals surface area contributed by atoms with Gasteiger partial charge in [0, 0.05) is 23.5 Å². The van der Waals surface area contributed by atoms with E-state index in [2.05, 4.69) is 4.98 Å². The molecule has 0 unspecified atom stereocenters. The minimum Gasteiger partial charge on any atom is -0.505 e. The number of pyridine rings is 1. The van der Waals surface area contributed by atoms with Gasteiger partial charge in [0.05, 0.1) is 0 Å². The Hall–Kier alpha value is -1.90. The van der Waals surface area contributed by atoms with Crippen molar-refractivity contribution in [1.29, 1.82) is 0 Å². The highest BCUT2D eigenvalue weighted by Gasteiger charge is 2.07. The summed E-state index contributed by atoms with van der Waals surface area (Å²) in [5, 5.41) is 9.17. The fraction of sp³-hybridized carbons (Fsp3) is 0. The molecule has 1 heterocycles. The largest absolute Gasteiger partial charge is 0.505 e. The maximum absolute atomic E-state index is 13.4. The van der Waals surface area contributed by atoms with E-state index in [0.29, 0.717) is 11.1 Å². The number of hydrogen-bond donors (Lipinski definition) is 1. The summed E-state index contributed by atoms with van der Waals surface area (Å²) in [4.78, 5) is 3.88. The van der Waals surface area contributed by atoms with Crippen LogP contribution in [0.1, 0.15) is 0 Å². The standard InChI is InChI=1S/C11H8FNO/c12-11-9(4-1-5-10(11)14)8-3-2-6-13-7-8/h1-7,14H. The number of hydrogen-bond acceptors (Lipinski definition) is 2. The Morgan fingerprint density at radius 1 is 1.14 bits per heavy atom.